The normalized spacial score (nSPS) is 11.8. The summed E-state index contributed by atoms with van der Waals surface area (Å²) >= 11 is 0. The summed E-state index contributed by atoms with van der Waals surface area (Å²) in [5, 5.41) is 0. The third-order valence-corrected chi connectivity index (χ3v) is 12.1. The lowest BCUT2D eigenvalue weighted by molar-refractivity contribution is -0.167. The first kappa shape index (κ1) is 57.4. The van der Waals surface area contributed by atoms with Crippen molar-refractivity contribution in [2.24, 2.45) is 0 Å². The van der Waals surface area contributed by atoms with Gasteiger partial charge in [-0.25, -0.2) is 0 Å². The number of carbonyl (C=O) groups is 3. The van der Waals surface area contributed by atoms with Gasteiger partial charge in [-0.1, -0.05) is 265 Å². The monoisotopic (exact) mass is 835 g/mol. The summed E-state index contributed by atoms with van der Waals surface area (Å²) in [4.78, 5) is 37.6. The molecule has 0 aliphatic heterocycles. The van der Waals surface area contributed by atoms with Gasteiger partial charge in [0.1, 0.15) is 13.2 Å². The zero-order valence-electron chi connectivity index (χ0n) is 40.1. The lowest BCUT2D eigenvalue weighted by Crippen LogP contribution is -2.30. The van der Waals surface area contributed by atoms with E-state index in [1.54, 1.807) is 0 Å². The fraction of sp³-hybridized carbons (Fsp3) is 0.943. The number of carbonyl (C=O) groups excluding carboxylic acids is 3. The van der Waals surface area contributed by atoms with E-state index in [0.29, 0.717) is 19.3 Å². The van der Waals surface area contributed by atoms with E-state index in [9.17, 15) is 14.4 Å². The van der Waals surface area contributed by atoms with Crippen LogP contribution in [-0.2, 0) is 28.6 Å². The van der Waals surface area contributed by atoms with Gasteiger partial charge < -0.3 is 14.2 Å². The standard InChI is InChI=1S/C53H102O6/c1-4-7-10-13-16-19-20-21-22-23-24-25-26-27-28-29-30-31-32-33-34-35-38-40-43-46-52(55)58-49-50(59-53(56)47-44-41-37-18-15-12-9-6-3)48-57-51(54)45-42-39-36-17-14-11-8-5-2/h50H,4-49H2,1-3H3. The molecule has 0 radical (unpaired) electrons. The van der Waals surface area contributed by atoms with Crippen molar-refractivity contribution in [3.05, 3.63) is 0 Å². The molecular formula is C53H102O6. The van der Waals surface area contributed by atoms with E-state index in [-0.39, 0.29) is 31.1 Å². The highest BCUT2D eigenvalue weighted by Gasteiger charge is 2.19. The van der Waals surface area contributed by atoms with Gasteiger partial charge in [-0.05, 0) is 19.3 Å². The Kier molecular flexibility index (Phi) is 47.7. The Bertz CT molecular complexity index is 874. The van der Waals surface area contributed by atoms with Gasteiger partial charge >= 0.3 is 17.9 Å². The van der Waals surface area contributed by atoms with Crippen LogP contribution in [0.1, 0.15) is 303 Å². The molecule has 0 spiro atoms. The molecule has 0 saturated heterocycles. The Balaban J connectivity index is 3.97. The van der Waals surface area contributed by atoms with Crippen molar-refractivity contribution in [3.63, 3.8) is 0 Å². The third-order valence-electron chi connectivity index (χ3n) is 12.1. The maximum Gasteiger partial charge on any atom is 0.306 e. The molecule has 0 fully saturated rings. The van der Waals surface area contributed by atoms with Crippen molar-refractivity contribution in [1.82, 2.24) is 0 Å². The number of hydrogen-bond donors (Lipinski definition) is 0. The molecule has 1 atom stereocenters. The van der Waals surface area contributed by atoms with Gasteiger partial charge in [0.05, 0.1) is 0 Å². The summed E-state index contributed by atoms with van der Waals surface area (Å²) in [5.41, 5.74) is 0. The highest BCUT2D eigenvalue weighted by molar-refractivity contribution is 5.71. The maximum atomic E-state index is 12.6. The molecule has 0 aromatic carbocycles. The van der Waals surface area contributed by atoms with Gasteiger partial charge in [-0.2, -0.15) is 0 Å². The third kappa shape index (κ3) is 47.3. The molecule has 350 valence electrons. The average molecular weight is 835 g/mol. The van der Waals surface area contributed by atoms with Gasteiger partial charge in [-0.3, -0.25) is 14.4 Å². The van der Waals surface area contributed by atoms with E-state index in [1.165, 1.54) is 205 Å². The quantitative estimate of drug-likeness (QED) is 0.0345. The largest absolute Gasteiger partial charge is 0.462 e. The molecule has 0 bridgehead atoms. The van der Waals surface area contributed by atoms with Gasteiger partial charge in [0.25, 0.3) is 0 Å². The van der Waals surface area contributed by atoms with Gasteiger partial charge in [0.15, 0.2) is 6.10 Å². The van der Waals surface area contributed by atoms with Crippen LogP contribution in [0.4, 0.5) is 0 Å². The van der Waals surface area contributed by atoms with E-state index in [1.807, 2.05) is 0 Å². The topological polar surface area (TPSA) is 78.9 Å². The van der Waals surface area contributed by atoms with Crippen molar-refractivity contribution in [2.75, 3.05) is 13.2 Å². The van der Waals surface area contributed by atoms with Crippen LogP contribution in [0.3, 0.4) is 0 Å². The minimum absolute atomic E-state index is 0.0630. The minimum atomic E-state index is -0.757. The molecule has 1 unspecified atom stereocenters. The van der Waals surface area contributed by atoms with E-state index in [4.69, 9.17) is 14.2 Å². The van der Waals surface area contributed by atoms with Crippen LogP contribution in [0, 0.1) is 0 Å². The Labute approximate surface area is 368 Å². The summed E-state index contributed by atoms with van der Waals surface area (Å²) < 4.78 is 16.7. The highest BCUT2D eigenvalue weighted by Crippen LogP contribution is 2.17. The lowest BCUT2D eigenvalue weighted by Gasteiger charge is -2.18. The van der Waals surface area contributed by atoms with Crippen LogP contribution in [0.5, 0.6) is 0 Å². The first-order valence-corrected chi connectivity index (χ1v) is 26.5. The van der Waals surface area contributed by atoms with E-state index in [2.05, 4.69) is 20.8 Å². The summed E-state index contributed by atoms with van der Waals surface area (Å²) in [6.45, 7) is 6.62. The molecule has 6 nitrogen and oxygen atoms in total. The first-order chi connectivity index (χ1) is 29.0. The molecule has 0 saturated carbocycles. The molecule has 0 aromatic heterocycles. The molecule has 0 aromatic rings. The maximum absolute atomic E-state index is 12.6. The van der Waals surface area contributed by atoms with E-state index >= 15 is 0 Å². The highest BCUT2D eigenvalue weighted by atomic mass is 16.6. The summed E-state index contributed by atoms with van der Waals surface area (Å²) in [7, 11) is 0. The molecule has 0 rings (SSSR count). The Morgan fingerprint density at radius 2 is 0.458 bits per heavy atom. The second kappa shape index (κ2) is 49.1. The van der Waals surface area contributed by atoms with E-state index < -0.39 is 6.10 Å². The SMILES string of the molecule is CCCCCCCCCCCCCCCCCCCCCCCCCCCC(=O)OCC(COC(=O)CCCCCCCCCC)OC(=O)CCCCCCCCCC. The predicted octanol–water partition coefficient (Wildman–Crippen LogP) is 17.2. The van der Waals surface area contributed by atoms with E-state index in [0.717, 1.165) is 57.8 Å². The Hall–Kier alpha value is -1.59. The summed E-state index contributed by atoms with van der Waals surface area (Å²) in [6.07, 6.45) is 52.7. The van der Waals surface area contributed by atoms with Crippen LogP contribution < -0.4 is 0 Å². The second-order valence-corrected chi connectivity index (χ2v) is 18.2. The smallest absolute Gasteiger partial charge is 0.306 e. The van der Waals surface area contributed by atoms with Gasteiger partial charge in [0, 0.05) is 19.3 Å². The fourth-order valence-electron chi connectivity index (χ4n) is 8.09. The van der Waals surface area contributed by atoms with Gasteiger partial charge in [0.2, 0.25) is 0 Å². The molecule has 0 amide bonds. The lowest BCUT2D eigenvalue weighted by atomic mass is 10.0. The average Bonchev–Trinajstić information content (AvgIpc) is 3.23. The molecule has 6 heteroatoms. The molecule has 0 N–H and O–H groups in total. The number of rotatable bonds is 49. The number of hydrogen-bond acceptors (Lipinski definition) is 6. The summed E-state index contributed by atoms with van der Waals surface area (Å²) in [6, 6.07) is 0. The van der Waals surface area contributed by atoms with Crippen molar-refractivity contribution < 1.29 is 28.6 Å². The molecule has 0 aliphatic rings. The van der Waals surface area contributed by atoms with Crippen molar-refractivity contribution >= 4 is 17.9 Å². The summed E-state index contributed by atoms with van der Waals surface area (Å²) in [5.74, 6) is -0.855. The Morgan fingerprint density at radius 3 is 0.678 bits per heavy atom. The zero-order valence-corrected chi connectivity index (χ0v) is 40.1. The zero-order chi connectivity index (χ0) is 43.0. The first-order valence-electron chi connectivity index (χ1n) is 26.5. The van der Waals surface area contributed by atoms with Crippen molar-refractivity contribution in [2.45, 2.75) is 309 Å². The Morgan fingerprint density at radius 1 is 0.271 bits per heavy atom. The molecule has 0 heterocycles. The fourth-order valence-corrected chi connectivity index (χ4v) is 8.09. The number of esters is 3. The minimum Gasteiger partial charge on any atom is -0.462 e. The number of unbranched alkanes of at least 4 members (excludes halogenated alkanes) is 38. The van der Waals surface area contributed by atoms with Gasteiger partial charge in [-0.15, -0.1) is 0 Å². The second-order valence-electron chi connectivity index (χ2n) is 18.2. The van der Waals surface area contributed by atoms with Crippen LogP contribution in [0.25, 0.3) is 0 Å². The van der Waals surface area contributed by atoms with Crippen LogP contribution in [0.2, 0.25) is 0 Å². The van der Waals surface area contributed by atoms with Crippen molar-refractivity contribution in [1.29, 1.82) is 0 Å². The predicted molar refractivity (Wildman–Crippen MR) is 252 cm³/mol. The van der Waals surface area contributed by atoms with Crippen LogP contribution in [-0.4, -0.2) is 37.2 Å². The molecule has 0 aliphatic carbocycles. The van der Waals surface area contributed by atoms with Crippen LogP contribution in [0.15, 0.2) is 0 Å². The van der Waals surface area contributed by atoms with Crippen molar-refractivity contribution in [3.8, 4) is 0 Å². The molecular weight excluding hydrogens is 733 g/mol. The molecule has 59 heavy (non-hydrogen) atoms. The number of ether oxygens (including phenoxy) is 3. The van der Waals surface area contributed by atoms with Crippen LogP contribution >= 0.6 is 0 Å².